The maximum atomic E-state index is 5.77. The van der Waals surface area contributed by atoms with Gasteiger partial charge < -0.3 is 10.6 Å². The second kappa shape index (κ2) is 5.22. The Labute approximate surface area is 109 Å². The molecule has 1 saturated carbocycles. The zero-order valence-electron chi connectivity index (χ0n) is 10.9. The van der Waals surface area contributed by atoms with Crippen molar-refractivity contribution in [1.29, 1.82) is 0 Å². The molecule has 1 fully saturated rings. The number of aromatic nitrogens is 2. The van der Waals surface area contributed by atoms with Gasteiger partial charge in [-0.15, -0.1) is 0 Å². The quantitative estimate of drug-likeness (QED) is 0.878. The van der Waals surface area contributed by atoms with Crippen LogP contribution in [0, 0.1) is 0 Å². The van der Waals surface area contributed by atoms with Crippen molar-refractivity contribution in [3.63, 3.8) is 0 Å². The van der Waals surface area contributed by atoms with Gasteiger partial charge in [0.25, 0.3) is 0 Å². The number of nitrogens with two attached hydrogens (primary N) is 1. The van der Waals surface area contributed by atoms with Gasteiger partial charge in [0.1, 0.15) is 12.1 Å². The fourth-order valence-corrected chi connectivity index (χ4v) is 3.05. The van der Waals surface area contributed by atoms with Crippen LogP contribution in [0.5, 0.6) is 0 Å². The molecule has 2 N–H and O–H groups in total. The molecule has 98 valence electrons. The molecule has 1 aromatic rings. The summed E-state index contributed by atoms with van der Waals surface area (Å²) in [4.78, 5) is 11.5. The lowest BCUT2D eigenvalue weighted by Gasteiger charge is -2.39. The highest BCUT2D eigenvalue weighted by Crippen LogP contribution is 2.33. The van der Waals surface area contributed by atoms with Gasteiger partial charge in [-0.25, -0.2) is 9.97 Å². The van der Waals surface area contributed by atoms with Crippen LogP contribution in [0.1, 0.15) is 43.4 Å². The Hall–Kier alpha value is -1.16. The first-order valence-electron chi connectivity index (χ1n) is 7.19. The molecule has 0 amide bonds. The number of hydrogen-bond donors (Lipinski definition) is 1. The first kappa shape index (κ1) is 11.9. The van der Waals surface area contributed by atoms with Crippen LogP contribution in [0.25, 0.3) is 0 Å². The van der Waals surface area contributed by atoms with Crippen LogP contribution in [0.15, 0.2) is 6.33 Å². The summed E-state index contributed by atoms with van der Waals surface area (Å²) in [5, 5.41) is 0. The first-order chi connectivity index (χ1) is 8.90. The van der Waals surface area contributed by atoms with Crippen molar-refractivity contribution in [3.8, 4) is 0 Å². The number of anilines is 1. The number of rotatable bonds is 4. The monoisotopic (exact) mass is 246 g/mol. The van der Waals surface area contributed by atoms with Crippen LogP contribution in [-0.2, 0) is 12.8 Å². The van der Waals surface area contributed by atoms with E-state index in [0.717, 1.165) is 19.4 Å². The third-order valence-electron chi connectivity index (χ3n) is 4.26. The van der Waals surface area contributed by atoms with E-state index in [9.17, 15) is 0 Å². The van der Waals surface area contributed by atoms with E-state index in [1.54, 1.807) is 6.33 Å². The summed E-state index contributed by atoms with van der Waals surface area (Å²) in [6.07, 6.45) is 10.5. The molecule has 3 rings (SSSR count). The summed E-state index contributed by atoms with van der Waals surface area (Å²) in [7, 11) is 0. The topological polar surface area (TPSA) is 55.0 Å². The van der Waals surface area contributed by atoms with E-state index in [2.05, 4.69) is 14.9 Å². The number of nitrogens with zero attached hydrogens (tertiary/aromatic N) is 3. The van der Waals surface area contributed by atoms with Crippen LogP contribution in [0.3, 0.4) is 0 Å². The maximum absolute atomic E-state index is 5.77. The van der Waals surface area contributed by atoms with Crippen molar-refractivity contribution in [1.82, 2.24) is 9.97 Å². The van der Waals surface area contributed by atoms with E-state index in [0.29, 0.717) is 12.6 Å². The second-order valence-corrected chi connectivity index (χ2v) is 5.40. The maximum Gasteiger partial charge on any atom is 0.135 e. The minimum atomic E-state index is 0.662. The molecular weight excluding hydrogens is 224 g/mol. The highest BCUT2D eigenvalue weighted by molar-refractivity contribution is 5.50. The van der Waals surface area contributed by atoms with Crippen molar-refractivity contribution in [3.05, 3.63) is 17.6 Å². The van der Waals surface area contributed by atoms with Gasteiger partial charge in [-0.05, 0) is 44.9 Å². The smallest absolute Gasteiger partial charge is 0.135 e. The Bertz CT molecular complexity index is 414. The van der Waals surface area contributed by atoms with Gasteiger partial charge in [-0.3, -0.25) is 0 Å². The average molecular weight is 246 g/mol. The number of hydrogen-bond acceptors (Lipinski definition) is 4. The third kappa shape index (κ3) is 2.09. The predicted octanol–water partition coefficient (Wildman–Crippen LogP) is 1.67. The minimum Gasteiger partial charge on any atom is -0.352 e. The van der Waals surface area contributed by atoms with Gasteiger partial charge in [0.15, 0.2) is 0 Å². The molecule has 0 spiro atoms. The standard InChI is InChI=1S/C14H22N4/c15-8-9-18(11-4-3-5-11)14-12-6-1-2-7-13(12)16-10-17-14/h10-11H,1-9,15H2. The van der Waals surface area contributed by atoms with E-state index in [1.807, 2.05) is 0 Å². The number of aryl methyl sites for hydroxylation is 1. The molecule has 0 aliphatic heterocycles. The van der Waals surface area contributed by atoms with Gasteiger partial charge in [-0.2, -0.15) is 0 Å². The molecule has 0 atom stereocenters. The molecule has 0 bridgehead atoms. The summed E-state index contributed by atoms with van der Waals surface area (Å²) in [6.45, 7) is 1.63. The van der Waals surface area contributed by atoms with Crippen molar-refractivity contribution < 1.29 is 0 Å². The van der Waals surface area contributed by atoms with Crippen LogP contribution in [-0.4, -0.2) is 29.1 Å². The van der Waals surface area contributed by atoms with Crippen molar-refractivity contribution in [2.75, 3.05) is 18.0 Å². The lowest BCUT2D eigenvalue weighted by molar-refractivity contribution is 0.384. The molecule has 4 nitrogen and oxygen atoms in total. The zero-order chi connectivity index (χ0) is 12.4. The van der Waals surface area contributed by atoms with E-state index < -0.39 is 0 Å². The molecule has 0 saturated heterocycles. The minimum absolute atomic E-state index is 0.662. The highest BCUT2D eigenvalue weighted by atomic mass is 15.2. The third-order valence-corrected chi connectivity index (χ3v) is 4.26. The fourth-order valence-electron chi connectivity index (χ4n) is 3.05. The van der Waals surface area contributed by atoms with Crippen molar-refractivity contribution in [2.45, 2.75) is 51.0 Å². The zero-order valence-corrected chi connectivity index (χ0v) is 10.9. The molecule has 1 aromatic heterocycles. The van der Waals surface area contributed by atoms with E-state index >= 15 is 0 Å². The Balaban J connectivity index is 1.92. The largest absolute Gasteiger partial charge is 0.352 e. The molecule has 0 radical (unpaired) electrons. The SMILES string of the molecule is NCCN(c1ncnc2c1CCCC2)C1CCC1. The van der Waals surface area contributed by atoms with Crippen LogP contribution >= 0.6 is 0 Å². The summed E-state index contributed by atoms with van der Waals surface area (Å²) in [5.41, 5.74) is 8.44. The van der Waals surface area contributed by atoms with Gasteiger partial charge >= 0.3 is 0 Å². The molecule has 0 unspecified atom stereocenters. The van der Waals surface area contributed by atoms with E-state index in [-0.39, 0.29) is 0 Å². The van der Waals surface area contributed by atoms with Gasteiger partial charge in [0.05, 0.1) is 0 Å². The summed E-state index contributed by atoms with van der Waals surface area (Å²) >= 11 is 0. The molecule has 0 aromatic carbocycles. The fraction of sp³-hybridized carbons (Fsp3) is 0.714. The molecule has 4 heteroatoms. The molecule has 2 aliphatic rings. The Morgan fingerprint density at radius 2 is 2.00 bits per heavy atom. The van der Waals surface area contributed by atoms with Crippen LogP contribution in [0.2, 0.25) is 0 Å². The Morgan fingerprint density at radius 3 is 2.72 bits per heavy atom. The van der Waals surface area contributed by atoms with E-state index in [1.165, 1.54) is 49.2 Å². The van der Waals surface area contributed by atoms with Gasteiger partial charge in [0.2, 0.25) is 0 Å². The lowest BCUT2D eigenvalue weighted by atomic mass is 9.90. The normalized spacial score (nSPS) is 19.2. The lowest BCUT2D eigenvalue weighted by Crippen LogP contribution is -2.44. The average Bonchev–Trinajstić information content (AvgIpc) is 2.35. The second-order valence-electron chi connectivity index (χ2n) is 5.40. The number of fused-ring (bicyclic) bond motifs is 1. The Morgan fingerprint density at radius 1 is 1.17 bits per heavy atom. The van der Waals surface area contributed by atoms with Crippen LogP contribution < -0.4 is 10.6 Å². The summed E-state index contributed by atoms with van der Waals surface area (Å²) in [5.74, 6) is 1.18. The predicted molar refractivity (Wildman–Crippen MR) is 72.7 cm³/mol. The summed E-state index contributed by atoms with van der Waals surface area (Å²) in [6, 6.07) is 0.662. The molecule has 1 heterocycles. The van der Waals surface area contributed by atoms with Crippen molar-refractivity contribution in [2.24, 2.45) is 5.73 Å². The molecule has 18 heavy (non-hydrogen) atoms. The Kier molecular flexibility index (Phi) is 3.46. The summed E-state index contributed by atoms with van der Waals surface area (Å²) < 4.78 is 0. The van der Waals surface area contributed by atoms with Gasteiger partial charge in [-0.1, -0.05) is 0 Å². The van der Waals surface area contributed by atoms with Gasteiger partial charge in [0, 0.05) is 30.4 Å². The molecule has 2 aliphatic carbocycles. The highest BCUT2D eigenvalue weighted by Gasteiger charge is 2.28. The van der Waals surface area contributed by atoms with Crippen molar-refractivity contribution >= 4 is 5.82 Å². The molecular formula is C14H22N4. The van der Waals surface area contributed by atoms with E-state index in [4.69, 9.17) is 5.73 Å². The first-order valence-corrected chi connectivity index (χ1v) is 7.19. The van der Waals surface area contributed by atoms with Crippen LogP contribution in [0.4, 0.5) is 5.82 Å².